The maximum atomic E-state index is 12.1. The Labute approximate surface area is 149 Å². The Balaban J connectivity index is 2.53. The second-order valence-corrected chi connectivity index (χ2v) is 6.16. The van der Waals surface area contributed by atoms with Crippen LogP contribution in [0, 0.1) is 6.92 Å². The Morgan fingerprint density at radius 3 is 2.36 bits per heavy atom. The average Bonchev–Trinajstić information content (AvgIpc) is 2.58. The van der Waals surface area contributed by atoms with Crippen LogP contribution in [0.4, 0.5) is 5.69 Å². The van der Waals surface area contributed by atoms with E-state index < -0.39 is 0 Å². The summed E-state index contributed by atoms with van der Waals surface area (Å²) in [7, 11) is 5.51. The number of anilines is 1. The second kappa shape index (κ2) is 8.65. The number of methoxy groups -OCH3 is 1. The number of aryl methyl sites for hydroxylation is 1. The van der Waals surface area contributed by atoms with E-state index >= 15 is 0 Å². The molecule has 2 aromatic carbocycles. The topological polar surface area (TPSA) is 42.0 Å². The van der Waals surface area contributed by atoms with Crippen molar-refractivity contribution in [2.45, 2.75) is 20.4 Å². The third-order valence-electron chi connectivity index (χ3n) is 3.85. The molecule has 25 heavy (non-hydrogen) atoms. The number of benzene rings is 2. The van der Waals surface area contributed by atoms with E-state index in [0.29, 0.717) is 17.9 Å². The monoisotopic (exact) mass is 342 g/mol. The van der Waals surface area contributed by atoms with E-state index in [1.807, 2.05) is 56.4 Å². The molecule has 0 radical (unpaired) electrons. The number of hydrogen-bond donors (Lipinski definition) is 0. The summed E-state index contributed by atoms with van der Waals surface area (Å²) in [6.45, 7) is 4.28. The fourth-order valence-electron chi connectivity index (χ4n) is 2.68. The van der Waals surface area contributed by atoms with Gasteiger partial charge in [-0.2, -0.15) is 0 Å². The van der Waals surface area contributed by atoms with Gasteiger partial charge in [0.25, 0.3) is 0 Å². The lowest BCUT2D eigenvalue weighted by molar-refractivity contribution is 0.0502. The van der Waals surface area contributed by atoms with Crippen molar-refractivity contribution in [1.82, 2.24) is 5.01 Å². The fourth-order valence-corrected chi connectivity index (χ4v) is 2.68. The van der Waals surface area contributed by atoms with Crippen LogP contribution in [0.25, 0.3) is 0 Å². The smallest absolute Gasteiger partial charge is 0.188 e. The molecule has 0 heterocycles. The molecule has 0 N–H and O–H groups in total. The van der Waals surface area contributed by atoms with Gasteiger partial charge in [-0.15, -0.1) is 0 Å². The molecule has 0 fully saturated rings. The number of ketones is 1. The minimum atomic E-state index is -0.0329. The molecule has 0 bridgehead atoms. The lowest BCUT2D eigenvalue weighted by Crippen LogP contribution is -2.37. The van der Waals surface area contributed by atoms with Gasteiger partial charge in [-0.3, -0.25) is 9.80 Å². The highest BCUT2D eigenvalue weighted by atomic mass is 16.7. The predicted octanol–water partition coefficient (Wildman–Crippen LogP) is 3.66. The normalized spacial score (nSPS) is 10.8. The molecule has 0 aliphatic rings. The maximum absolute atomic E-state index is 12.1. The van der Waals surface area contributed by atoms with Crippen molar-refractivity contribution in [2.24, 2.45) is 0 Å². The first-order valence-corrected chi connectivity index (χ1v) is 8.20. The van der Waals surface area contributed by atoms with Gasteiger partial charge in [0.15, 0.2) is 18.3 Å². The molecule has 0 saturated heterocycles. The van der Waals surface area contributed by atoms with Gasteiger partial charge >= 0.3 is 0 Å². The number of rotatable bonds is 8. The van der Waals surface area contributed by atoms with Gasteiger partial charge in [0.05, 0.1) is 17.8 Å². The molecule has 134 valence electrons. The Morgan fingerprint density at radius 1 is 1.12 bits per heavy atom. The molecule has 0 saturated carbocycles. The van der Waals surface area contributed by atoms with Gasteiger partial charge in [-0.1, -0.05) is 30.3 Å². The van der Waals surface area contributed by atoms with Gasteiger partial charge in [0.2, 0.25) is 0 Å². The summed E-state index contributed by atoms with van der Waals surface area (Å²) in [5, 5.41) is 4.07. The van der Waals surface area contributed by atoms with E-state index in [0.717, 1.165) is 11.3 Å². The Bertz CT molecular complexity index is 714. The van der Waals surface area contributed by atoms with Crippen LogP contribution in [0.2, 0.25) is 0 Å². The number of carbonyl (C=O) groups excluding carboxylic acids is 1. The molecule has 0 aliphatic heterocycles. The fraction of sp³-hybridized carbons (Fsp3) is 0.350. The maximum Gasteiger partial charge on any atom is 0.188 e. The minimum absolute atomic E-state index is 0.0329. The van der Waals surface area contributed by atoms with Crippen molar-refractivity contribution in [3.63, 3.8) is 0 Å². The van der Waals surface area contributed by atoms with Gasteiger partial charge in [-0.05, 0) is 37.1 Å². The van der Waals surface area contributed by atoms with E-state index in [4.69, 9.17) is 9.47 Å². The third kappa shape index (κ3) is 4.81. The van der Waals surface area contributed by atoms with E-state index in [2.05, 4.69) is 17.1 Å². The number of ether oxygens (including phenoxy) is 2. The quantitative estimate of drug-likeness (QED) is 0.416. The van der Waals surface area contributed by atoms with Crippen LogP contribution in [-0.2, 0) is 11.3 Å². The van der Waals surface area contributed by atoms with Crippen LogP contribution in [0.5, 0.6) is 5.75 Å². The number of hydrogen-bond acceptors (Lipinski definition) is 5. The zero-order chi connectivity index (χ0) is 18.4. The SMILES string of the molecule is COCOc1c(C(C)=O)cc(C)cc1N(Cc1ccccc1)N(C)C. The lowest BCUT2D eigenvalue weighted by atomic mass is 10.0. The van der Waals surface area contributed by atoms with Crippen molar-refractivity contribution in [1.29, 1.82) is 0 Å². The Hall–Kier alpha value is -2.37. The zero-order valence-corrected chi connectivity index (χ0v) is 15.6. The van der Waals surface area contributed by atoms with Crippen molar-refractivity contribution in [2.75, 3.05) is 33.0 Å². The first-order chi connectivity index (χ1) is 11.9. The van der Waals surface area contributed by atoms with Crippen molar-refractivity contribution >= 4 is 11.5 Å². The van der Waals surface area contributed by atoms with Crippen LogP contribution >= 0.6 is 0 Å². The number of hydrazine groups is 1. The van der Waals surface area contributed by atoms with Gasteiger partial charge in [0, 0.05) is 21.2 Å². The highest BCUT2D eigenvalue weighted by molar-refractivity contribution is 5.99. The molecule has 5 nitrogen and oxygen atoms in total. The van der Waals surface area contributed by atoms with E-state index in [1.165, 1.54) is 5.56 Å². The predicted molar refractivity (Wildman–Crippen MR) is 100.0 cm³/mol. The van der Waals surface area contributed by atoms with E-state index in [9.17, 15) is 4.79 Å². The zero-order valence-electron chi connectivity index (χ0n) is 15.6. The first kappa shape index (κ1) is 19.0. The molecule has 5 heteroatoms. The molecule has 0 atom stereocenters. The largest absolute Gasteiger partial charge is 0.465 e. The van der Waals surface area contributed by atoms with Crippen LogP contribution in [0.3, 0.4) is 0 Å². The molecule has 0 spiro atoms. The molecule has 0 amide bonds. The van der Waals surface area contributed by atoms with Gasteiger partial charge in [0.1, 0.15) is 0 Å². The second-order valence-electron chi connectivity index (χ2n) is 6.16. The average molecular weight is 342 g/mol. The Kier molecular flexibility index (Phi) is 6.56. The summed E-state index contributed by atoms with van der Waals surface area (Å²) in [4.78, 5) is 12.1. The minimum Gasteiger partial charge on any atom is -0.465 e. The van der Waals surface area contributed by atoms with Crippen LogP contribution in [0.15, 0.2) is 42.5 Å². The summed E-state index contributed by atoms with van der Waals surface area (Å²) >= 11 is 0. The van der Waals surface area contributed by atoms with Crippen LogP contribution in [-0.4, -0.2) is 38.8 Å². The third-order valence-corrected chi connectivity index (χ3v) is 3.85. The van der Waals surface area contributed by atoms with Gasteiger partial charge < -0.3 is 9.47 Å². The highest BCUT2D eigenvalue weighted by Crippen LogP contribution is 2.35. The summed E-state index contributed by atoms with van der Waals surface area (Å²) < 4.78 is 10.8. The number of nitrogens with zero attached hydrogens (tertiary/aromatic N) is 2. The standard InChI is InChI=1S/C20H26N2O3/c1-15-11-18(16(2)23)20(25-14-24-5)19(12-15)22(21(3)4)13-17-9-7-6-8-10-17/h6-12H,13-14H2,1-5H3. The molecular weight excluding hydrogens is 316 g/mol. The highest BCUT2D eigenvalue weighted by Gasteiger charge is 2.21. The molecule has 0 unspecified atom stereocenters. The van der Waals surface area contributed by atoms with Crippen molar-refractivity contribution < 1.29 is 14.3 Å². The Morgan fingerprint density at radius 2 is 1.80 bits per heavy atom. The molecule has 2 aromatic rings. The summed E-state index contributed by atoms with van der Waals surface area (Å²) in [6, 6.07) is 14.1. The molecule has 2 rings (SSSR count). The number of carbonyl (C=O) groups is 1. The number of Topliss-reactive ketones (excluding diaryl/α,β-unsaturated/α-hetero) is 1. The molecule has 0 aliphatic carbocycles. The summed E-state index contributed by atoms with van der Waals surface area (Å²) in [6.07, 6.45) is 0. The van der Waals surface area contributed by atoms with Crippen LogP contribution < -0.4 is 9.75 Å². The summed E-state index contributed by atoms with van der Waals surface area (Å²) in [5.41, 5.74) is 3.58. The first-order valence-electron chi connectivity index (χ1n) is 8.20. The van der Waals surface area contributed by atoms with E-state index in [1.54, 1.807) is 14.0 Å². The molecular formula is C20H26N2O3. The summed E-state index contributed by atoms with van der Waals surface area (Å²) in [5.74, 6) is 0.513. The molecule has 0 aromatic heterocycles. The van der Waals surface area contributed by atoms with Crippen molar-refractivity contribution in [3.8, 4) is 5.75 Å². The van der Waals surface area contributed by atoms with Crippen molar-refractivity contribution in [3.05, 3.63) is 59.2 Å². The van der Waals surface area contributed by atoms with Gasteiger partial charge in [-0.25, -0.2) is 5.01 Å². The van der Waals surface area contributed by atoms with E-state index in [-0.39, 0.29) is 12.6 Å². The van der Waals surface area contributed by atoms with Crippen LogP contribution in [0.1, 0.15) is 28.4 Å². The lowest BCUT2D eigenvalue weighted by Gasteiger charge is -2.33.